The van der Waals surface area contributed by atoms with Crippen LogP contribution in [0.25, 0.3) is 0 Å². The second kappa shape index (κ2) is 7.65. The Morgan fingerprint density at radius 3 is 2.95 bits per heavy atom. The van der Waals surface area contributed by atoms with Gasteiger partial charge in [-0.25, -0.2) is 0 Å². The van der Waals surface area contributed by atoms with E-state index in [1.54, 1.807) is 6.07 Å². The number of aliphatic hydroxyl groups excluding tert-OH is 1. The predicted molar refractivity (Wildman–Crippen MR) is 85.5 cm³/mol. The van der Waals surface area contributed by atoms with Gasteiger partial charge in [-0.3, -0.25) is 0 Å². The first kappa shape index (κ1) is 16.1. The summed E-state index contributed by atoms with van der Waals surface area (Å²) in [4.78, 5) is 2.46. The zero-order chi connectivity index (χ0) is 14.5. The number of aliphatic hydroxyl groups is 1. The molecule has 20 heavy (non-hydrogen) atoms. The molecule has 0 aliphatic carbocycles. The van der Waals surface area contributed by atoms with Crippen LogP contribution < -0.4 is 0 Å². The van der Waals surface area contributed by atoms with Crippen molar-refractivity contribution in [2.75, 3.05) is 19.6 Å². The summed E-state index contributed by atoms with van der Waals surface area (Å²) in [5, 5.41) is 11.3. The van der Waals surface area contributed by atoms with Gasteiger partial charge in [0.15, 0.2) is 0 Å². The van der Waals surface area contributed by atoms with Crippen molar-refractivity contribution < 1.29 is 5.11 Å². The lowest BCUT2D eigenvalue weighted by Gasteiger charge is -2.32. The van der Waals surface area contributed by atoms with Crippen molar-refractivity contribution in [3.05, 3.63) is 33.8 Å². The molecule has 4 heteroatoms. The van der Waals surface area contributed by atoms with E-state index in [4.69, 9.17) is 23.2 Å². The average molecular weight is 316 g/mol. The molecule has 0 aromatic heterocycles. The molecule has 0 saturated carbocycles. The predicted octanol–water partition coefficient (Wildman–Crippen LogP) is 4.54. The average Bonchev–Trinajstić information content (AvgIpc) is 2.48. The summed E-state index contributed by atoms with van der Waals surface area (Å²) in [5.74, 6) is 0.815. The van der Waals surface area contributed by atoms with Crippen molar-refractivity contribution in [3.63, 3.8) is 0 Å². The van der Waals surface area contributed by atoms with E-state index >= 15 is 0 Å². The van der Waals surface area contributed by atoms with E-state index in [1.165, 1.54) is 19.3 Å². The number of benzene rings is 1. The Bertz CT molecular complexity index is 438. The molecular formula is C16H23Cl2NO. The van der Waals surface area contributed by atoms with Gasteiger partial charge in [-0.1, -0.05) is 48.7 Å². The van der Waals surface area contributed by atoms with Gasteiger partial charge in [0, 0.05) is 18.7 Å². The maximum Gasteiger partial charge on any atom is 0.0817 e. The highest BCUT2D eigenvalue weighted by atomic mass is 35.5. The fourth-order valence-corrected chi connectivity index (χ4v) is 3.36. The van der Waals surface area contributed by atoms with Crippen LogP contribution in [0.5, 0.6) is 0 Å². The van der Waals surface area contributed by atoms with Gasteiger partial charge in [-0.05, 0) is 37.8 Å². The molecule has 2 rings (SSSR count). The molecule has 1 aliphatic rings. The summed E-state index contributed by atoms with van der Waals surface area (Å²) in [5.41, 5.74) is 0.739. The lowest BCUT2D eigenvalue weighted by atomic mass is 9.95. The smallest absolute Gasteiger partial charge is 0.0817 e. The van der Waals surface area contributed by atoms with Gasteiger partial charge in [0.1, 0.15) is 0 Å². The molecule has 2 atom stereocenters. The van der Waals surface area contributed by atoms with E-state index < -0.39 is 6.10 Å². The first-order valence-corrected chi connectivity index (χ1v) is 8.21. The van der Waals surface area contributed by atoms with Gasteiger partial charge >= 0.3 is 0 Å². The van der Waals surface area contributed by atoms with Crippen molar-refractivity contribution in [3.8, 4) is 0 Å². The summed E-state index contributed by atoms with van der Waals surface area (Å²) in [6.07, 6.45) is 4.03. The molecule has 0 amide bonds. The van der Waals surface area contributed by atoms with E-state index in [-0.39, 0.29) is 0 Å². The van der Waals surface area contributed by atoms with Gasteiger partial charge < -0.3 is 10.0 Å². The van der Waals surface area contributed by atoms with E-state index in [0.717, 1.165) is 31.1 Å². The van der Waals surface area contributed by atoms with Gasteiger partial charge in [0.25, 0.3) is 0 Å². The second-order valence-electron chi connectivity index (χ2n) is 5.66. The molecule has 1 aliphatic heterocycles. The lowest BCUT2D eigenvalue weighted by molar-refractivity contribution is 0.118. The van der Waals surface area contributed by atoms with Gasteiger partial charge in [-0.2, -0.15) is 0 Å². The highest BCUT2D eigenvalue weighted by molar-refractivity contribution is 6.42. The SMILES string of the molecule is CCC1CCCN(CCC(O)c2cccc(Cl)c2Cl)C1. The van der Waals surface area contributed by atoms with Crippen LogP contribution in [0.2, 0.25) is 10.0 Å². The fourth-order valence-electron chi connectivity index (χ4n) is 2.93. The number of likely N-dealkylation sites (tertiary alicyclic amines) is 1. The Morgan fingerprint density at radius 2 is 2.20 bits per heavy atom. The zero-order valence-electron chi connectivity index (χ0n) is 12.0. The zero-order valence-corrected chi connectivity index (χ0v) is 13.5. The minimum Gasteiger partial charge on any atom is -0.388 e. The molecule has 1 fully saturated rings. The number of piperidine rings is 1. The van der Waals surface area contributed by atoms with E-state index in [2.05, 4.69) is 11.8 Å². The van der Waals surface area contributed by atoms with Crippen molar-refractivity contribution >= 4 is 23.2 Å². The topological polar surface area (TPSA) is 23.5 Å². The first-order valence-electron chi connectivity index (χ1n) is 7.46. The Morgan fingerprint density at radius 1 is 1.40 bits per heavy atom. The van der Waals surface area contributed by atoms with Crippen LogP contribution in [-0.2, 0) is 0 Å². The molecule has 2 nitrogen and oxygen atoms in total. The van der Waals surface area contributed by atoms with Crippen LogP contribution in [-0.4, -0.2) is 29.6 Å². The third kappa shape index (κ3) is 4.11. The number of rotatable bonds is 5. The van der Waals surface area contributed by atoms with E-state index in [0.29, 0.717) is 16.5 Å². The summed E-state index contributed by atoms with van der Waals surface area (Å²) in [6.45, 7) is 5.48. The van der Waals surface area contributed by atoms with Gasteiger partial charge in [0.2, 0.25) is 0 Å². The molecule has 0 radical (unpaired) electrons. The molecular weight excluding hydrogens is 293 g/mol. The Hall–Kier alpha value is -0.280. The van der Waals surface area contributed by atoms with Crippen LogP contribution in [0.3, 0.4) is 0 Å². The Labute approximate surface area is 131 Å². The number of halogens is 2. The molecule has 2 unspecified atom stereocenters. The molecule has 0 bridgehead atoms. The molecule has 0 spiro atoms. The normalized spacial score (nSPS) is 21.9. The molecule has 1 N–H and O–H groups in total. The van der Waals surface area contributed by atoms with Crippen LogP contribution in [0.1, 0.15) is 44.3 Å². The summed E-state index contributed by atoms with van der Waals surface area (Å²) in [6, 6.07) is 5.43. The second-order valence-corrected chi connectivity index (χ2v) is 6.45. The van der Waals surface area contributed by atoms with E-state index in [9.17, 15) is 5.11 Å². The summed E-state index contributed by atoms with van der Waals surface area (Å²) < 4.78 is 0. The molecule has 1 aromatic carbocycles. The highest BCUT2D eigenvalue weighted by Gasteiger charge is 2.20. The molecule has 1 aromatic rings. The van der Waals surface area contributed by atoms with E-state index in [1.807, 2.05) is 12.1 Å². The lowest BCUT2D eigenvalue weighted by Crippen LogP contribution is -2.36. The van der Waals surface area contributed by atoms with Gasteiger partial charge in [-0.15, -0.1) is 0 Å². The van der Waals surface area contributed by atoms with Crippen LogP contribution in [0.4, 0.5) is 0 Å². The van der Waals surface area contributed by atoms with Gasteiger partial charge in [0.05, 0.1) is 16.1 Å². The van der Waals surface area contributed by atoms with Crippen molar-refractivity contribution in [2.24, 2.45) is 5.92 Å². The minimum absolute atomic E-state index is 0.478. The number of hydrogen-bond donors (Lipinski definition) is 1. The number of nitrogens with zero attached hydrogens (tertiary/aromatic N) is 1. The first-order chi connectivity index (χ1) is 9.61. The van der Waals surface area contributed by atoms with Crippen LogP contribution in [0.15, 0.2) is 18.2 Å². The van der Waals surface area contributed by atoms with Crippen LogP contribution >= 0.6 is 23.2 Å². The Kier molecular flexibility index (Phi) is 6.16. The highest BCUT2D eigenvalue weighted by Crippen LogP contribution is 2.31. The maximum absolute atomic E-state index is 10.3. The summed E-state index contributed by atoms with van der Waals surface area (Å²) >= 11 is 12.1. The third-order valence-corrected chi connectivity index (χ3v) is 5.07. The fraction of sp³-hybridized carbons (Fsp3) is 0.625. The maximum atomic E-state index is 10.3. The summed E-state index contributed by atoms with van der Waals surface area (Å²) in [7, 11) is 0. The van der Waals surface area contributed by atoms with Crippen molar-refractivity contribution in [1.29, 1.82) is 0 Å². The minimum atomic E-state index is -0.539. The van der Waals surface area contributed by atoms with Crippen molar-refractivity contribution in [2.45, 2.75) is 38.7 Å². The largest absolute Gasteiger partial charge is 0.388 e. The quantitative estimate of drug-likeness (QED) is 0.862. The standard InChI is InChI=1S/C16H23Cl2NO/c1-2-12-5-4-9-19(11-12)10-8-15(20)13-6-3-7-14(17)16(13)18/h3,6-7,12,15,20H,2,4-5,8-11H2,1H3. The van der Waals surface area contributed by atoms with Crippen LogP contribution in [0, 0.1) is 5.92 Å². The monoisotopic (exact) mass is 315 g/mol. The molecule has 1 saturated heterocycles. The Balaban J connectivity index is 1.88. The molecule has 1 heterocycles. The molecule has 112 valence electrons. The number of hydrogen-bond acceptors (Lipinski definition) is 2. The third-order valence-electron chi connectivity index (χ3n) is 4.24. The van der Waals surface area contributed by atoms with Crippen molar-refractivity contribution in [1.82, 2.24) is 4.90 Å².